The molecule has 0 unspecified atom stereocenters. The van der Waals surface area contributed by atoms with Crippen molar-refractivity contribution in [1.29, 1.82) is 5.26 Å². The smallest absolute Gasteiger partial charge is 0.306 e. The molecule has 0 radical (unpaired) electrons. The Morgan fingerprint density at radius 1 is 1.13 bits per heavy atom. The highest BCUT2D eigenvalue weighted by Gasteiger charge is 2.20. The van der Waals surface area contributed by atoms with E-state index in [4.69, 9.17) is 14.4 Å². The first-order chi connectivity index (χ1) is 15.1. The third-order valence-corrected chi connectivity index (χ3v) is 4.40. The number of hydrogen-bond acceptors (Lipinski definition) is 6. The highest BCUT2D eigenvalue weighted by molar-refractivity contribution is 5.95. The molecule has 8 heteroatoms. The third-order valence-electron chi connectivity index (χ3n) is 4.40. The van der Waals surface area contributed by atoms with Crippen LogP contribution in [0.4, 0.5) is 10.1 Å². The van der Waals surface area contributed by atoms with E-state index in [1.807, 2.05) is 36.4 Å². The first-order valence-corrected chi connectivity index (χ1v) is 9.66. The second kappa shape index (κ2) is 10.7. The molecule has 0 aliphatic rings. The van der Waals surface area contributed by atoms with E-state index in [2.05, 4.69) is 4.98 Å². The molecule has 31 heavy (non-hydrogen) atoms. The molecule has 1 aromatic heterocycles. The zero-order valence-electron chi connectivity index (χ0n) is 16.7. The predicted molar refractivity (Wildman–Crippen MR) is 110 cm³/mol. The van der Waals surface area contributed by atoms with Gasteiger partial charge in [0.05, 0.1) is 30.8 Å². The van der Waals surface area contributed by atoms with Gasteiger partial charge in [0.1, 0.15) is 5.82 Å². The number of rotatable bonds is 9. The lowest BCUT2D eigenvalue weighted by molar-refractivity contribution is -0.147. The number of carbonyl (C=O) groups excluding carboxylic acids is 2. The molecule has 1 heterocycles. The van der Waals surface area contributed by atoms with Crippen LogP contribution in [0.1, 0.15) is 18.7 Å². The number of hydrogen-bond donors (Lipinski definition) is 0. The summed E-state index contributed by atoms with van der Waals surface area (Å²) >= 11 is 0. The molecular formula is C23H20FN3O4. The molecule has 158 valence electrons. The van der Waals surface area contributed by atoms with Crippen molar-refractivity contribution in [3.8, 4) is 17.4 Å². The second-order valence-corrected chi connectivity index (χ2v) is 6.55. The number of esters is 1. The molecule has 7 nitrogen and oxygen atoms in total. The van der Waals surface area contributed by atoms with E-state index in [0.717, 1.165) is 10.5 Å². The molecule has 0 saturated carbocycles. The zero-order chi connectivity index (χ0) is 22.1. The fourth-order valence-electron chi connectivity index (χ4n) is 2.87. The molecule has 0 aliphatic carbocycles. The first kappa shape index (κ1) is 21.7. The fourth-order valence-corrected chi connectivity index (χ4v) is 2.87. The average molecular weight is 421 g/mol. The molecule has 0 N–H and O–H groups in total. The maximum Gasteiger partial charge on any atom is 0.306 e. The van der Waals surface area contributed by atoms with Crippen LogP contribution in [0.2, 0.25) is 0 Å². The van der Waals surface area contributed by atoms with Crippen LogP contribution >= 0.6 is 0 Å². The highest BCUT2D eigenvalue weighted by atomic mass is 19.1. The summed E-state index contributed by atoms with van der Waals surface area (Å²) in [5.41, 5.74) is 0.909. The number of para-hydroxylation sites is 1. The maximum atomic E-state index is 14.1. The van der Waals surface area contributed by atoms with Crippen LogP contribution in [-0.4, -0.2) is 30.0 Å². The van der Waals surface area contributed by atoms with Gasteiger partial charge in [-0.05, 0) is 12.1 Å². The summed E-state index contributed by atoms with van der Waals surface area (Å²) in [6, 6.07) is 17.1. The van der Waals surface area contributed by atoms with E-state index in [1.54, 1.807) is 12.3 Å². The van der Waals surface area contributed by atoms with Crippen molar-refractivity contribution in [3.05, 3.63) is 72.5 Å². The Morgan fingerprint density at radius 2 is 1.87 bits per heavy atom. The number of anilines is 1. The number of carbonyl (C=O) groups is 2. The largest absolute Gasteiger partial charge is 0.456 e. The lowest BCUT2D eigenvalue weighted by Crippen LogP contribution is -2.36. The number of amides is 1. The molecule has 0 spiro atoms. The van der Waals surface area contributed by atoms with Gasteiger partial charge in [-0.1, -0.05) is 42.5 Å². The van der Waals surface area contributed by atoms with Gasteiger partial charge in [-0.15, -0.1) is 0 Å². The summed E-state index contributed by atoms with van der Waals surface area (Å²) in [4.78, 5) is 29.8. The van der Waals surface area contributed by atoms with Gasteiger partial charge >= 0.3 is 5.97 Å². The Bertz CT molecular complexity index is 1080. The van der Waals surface area contributed by atoms with E-state index in [0.29, 0.717) is 11.7 Å². The first-order valence-electron chi connectivity index (χ1n) is 9.66. The molecule has 0 bridgehead atoms. The van der Waals surface area contributed by atoms with Crippen molar-refractivity contribution < 1.29 is 23.1 Å². The van der Waals surface area contributed by atoms with Crippen LogP contribution < -0.4 is 4.90 Å². The number of ether oxygens (including phenoxy) is 1. The van der Waals surface area contributed by atoms with Crippen LogP contribution in [-0.2, 0) is 20.7 Å². The fraction of sp³-hybridized carbons (Fsp3) is 0.217. The van der Waals surface area contributed by atoms with Gasteiger partial charge in [-0.25, -0.2) is 9.37 Å². The summed E-state index contributed by atoms with van der Waals surface area (Å²) in [6.07, 6.45) is 1.79. The minimum atomic E-state index is -0.615. The van der Waals surface area contributed by atoms with Gasteiger partial charge in [-0.3, -0.25) is 9.59 Å². The van der Waals surface area contributed by atoms with Crippen LogP contribution in [0.3, 0.4) is 0 Å². The molecule has 3 rings (SSSR count). The molecular weight excluding hydrogens is 401 g/mol. The van der Waals surface area contributed by atoms with Crippen molar-refractivity contribution in [1.82, 2.24) is 4.98 Å². The van der Waals surface area contributed by atoms with E-state index >= 15 is 0 Å². The minimum Gasteiger partial charge on any atom is -0.456 e. The van der Waals surface area contributed by atoms with Crippen LogP contribution in [0.25, 0.3) is 11.3 Å². The number of nitrogens with zero attached hydrogens (tertiary/aromatic N) is 3. The predicted octanol–water partition coefficient (Wildman–Crippen LogP) is 3.90. The van der Waals surface area contributed by atoms with E-state index in [-0.39, 0.29) is 31.5 Å². The van der Waals surface area contributed by atoms with Crippen molar-refractivity contribution in [2.75, 3.05) is 18.1 Å². The summed E-state index contributed by atoms with van der Waals surface area (Å²) in [5, 5.41) is 8.80. The number of nitriles is 1. The van der Waals surface area contributed by atoms with E-state index < -0.39 is 24.3 Å². The van der Waals surface area contributed by atoms with Crippen molar-refractivity contribution in [2.24, 2.45) is 0 Å². The molecule has 3 aromatic rings. The molecule has 1 amide bonds. The number of oxazole rings is 1. The number of halogens is 1. The van der Waals surface area contributed by atoms with E-state index in [1.165, 1.54) is 18.2 Å². The number of aromatic nitrogens is 1. The molecule has 0 aliphatic heterocycles. The van der Waals surface area contributed by atoms with Gasteiger partial charge in [0.2, 0.25) is 0 Å². The Hall–Kier alpha value is -3.99. The number of aryl methyl sites for hydroxylation is 1. The Balaban J connectivity index is 1.52. The topological polar surface area (TPSA) is 96.4 Å². The third kappa shape index (κ3) is 6.00. The average Bonchev–Trinajstić information content (AvgIpc) is 3.27. The number of benzene rings is 2. The molecule has 0 atom stereocenters. The van der Waals surface area contributed by atoms with Crippen LogP contribution in [0.5, 0.6) is 0 Å². The molecule has 0 saturated heterocycles. The SMILES string of the molecule is N#CCCN(C(=O)COC(=O)CCc1ncc(-c2ccccc2)o1)c1ccccc1F. The standard InChI is InChI=1S/C23H20FN3O4/c24-18-9-4-5-10-19(18)27(14-6-13-25)22(28)16-30-23(29)12-11-21-26-15-20(31-21)17-7-2-1-3-8-17/h1-5,7-10,15H,6,11-12,14,16H2. The Kier molecular flexibility index (Phi) is 7.49. The quantitative estimate of drug-likeness (QED) is 0.486. The lowest BCUT2D eigenvalue weighted by atomic mass is 10.2. The molecule has 0 fully saturated rings. The summed E-state index contributed by atoms with van der Waals surface area (Å²) < 4.78 is 24.7. The Morgan fingerprint density at radius 3 is 2.61 bits per heavy atom. The Labute approximate surface area is 178 Å². The molecule has 2 aromatic carbocycles. The van der Waals surface area contributed by atoms with Gasteiger partial charge in [-0.2, -0.15) is 5.26 Å². The minimum absolute atomic E-state index is 0.00754. The van der Waals surface area contributed by atoms with Crippen molar-refractivity contribution >= 4 is 17.6 Å². The summed E-state index contributed by atoms with van der Waals surface area (Å²) in [6.45, 7) is -0.564. The maximum absolute atomic E-state index is 14.1. The van der Waals surface area contributed by atoms with Crippen molar-refractivity contribution in [2.45, 2.75) is 19.3 Å². The monoisotopic (exact) mass is 421 g/mol. The second-order valence-electron chi connectivity index (χ2n) is 6.55. The van der Waals surface area contributed by atoms with Gasteiger partial charge in [0.25, 0.3) is 5.91 Å². The lowest BCUT2D eigenvalue weighted by Gasteiger charge is -2.22. The normalized spacial score (nSPS) is 10.3. The van der Waals surface area contributed by atoms with Crippen molar-refractivity contribution in [3.63, 3.8) is 0 Å². The van der Waals surface area contributed by atoms with E-state index in [9.17, 15) is 14.0 Å². The van der Waals surface area contributed by atoms with Gasteiger partial charge in [0, 0.05) is 18.5 Å². The van der Waals surface area contributed by atoms with Crippen LogP contribution in [0, 0.1) is 17.1 Å². The van der Waals surface area contributed by atoms with Crippen LogP contribution in [0.15, 0.2) is 65.2 Å². The summed E-state index contributed by atoms with van der Waals surface area (Å²) in [7, 11) is 0. The highest BCUT2D eigenvalue weighted by Crippen LogP contribution is 2.21. The van der Waals surface area contributed by atoms with Gasteiger partial charge < -0.3 is 14.1 Å². The zero-order valence-corrected chi connectivity index (χ0v) is 16.7. The van der Waals surface area contributed by atoms with Gasteiger partial charge in [0.15, 0.2) is 18.3 Å². The summed E-state index contributed by atoms with van der Waals surface area (Å²) in [5.74, 6) is -0.850.